The van der Waals surface area contributed by atoms with E-state index < -0.39 is 23.6 Å². The van der Waals surface area contributed by atoms with E-state index in [2.05, 4.69) is 31.8 Å². The zero-order chi connectivity index (χ0) is 22.9. The second-order valence-corrected chi connectivity index (χ2v) is 7.28. The Kier molecular flexibility index (Phi) is 7.82. The third-order valence-electron chi connectivity index (χ3n) is 4.08. The van der Waals surface area contributed by atoms with E-state index >= 15 is 0 Å². The third-order valence-corrected chi connectivity index (χ3v) is 4.78. The molecule has 2 N–H and O–H groups in total. The van der Waals surface area contributed by atoms with Crippen molar-refractivity contribution < 1.29 is 23.5 Å². The molecule has 2 amide bonds. The number of nitrogens with one attached hydrogen (secondary N) is 2. The molecule has 3 aromatic rings. The first-order valence-electron chi connectivity index (χ1n) is 9.35. The van der Waals surface area contributed by atoms with Crippen LogP contribution >= 0.6 is 15.9 Å². The van der Waals surface area contributed by atoms with E-state index in [0.29, 0.717) is 21.3 Å². The molecule has 32 heavy (non-hydrogen) atoms. The maximum absolute atomic E-state index is 13.1. The number of ether oxygens (including phenoxy) is 1. The molecule has 0 aromatic heterocycles. The van der Waals surface area contributed by atoms with Gasteiger partial charge in [0.25, 0.3) is 11.8 Å². The van der Waals surface area contributed by atoms with Crippen molar-refractivity contribution in [2.75, 3.05) is 6.54 Å². The Hall–Kier alpha value is -3.85. The van der Waals surface area contributed by atoms with E-state index in [4.69, 9.17) is 4.74 Å². The van der Waals surface area contributed by atoms with Crippen molar-refractivity contribution in [2.45, 2.75) is 0 Å². The SMILES string of the molecule is O=C(CNC(=O)c1cccc(F)c1)NN=Cc1ccc(OC(=O)c2ccccc2Br)cc1. The second-order valence-electron chi connectivity index (χ2n) is 6.42. The number of carbonyl (C=O) groups excluding carboxylic acids is 3. The van der Waals surface area contributed by atoms with Crippen molar-refractivity contribution in [1.29, 1.82) is 0 Å². The Morgan fingerprint density at radius 1 is 1.00 bits per heavy atom. The van der Waals surface area contributed by atoms with Gasteiger partial charge in [-0.15, -0.1) is 0 Å². The van der Waals surface area contributed by atoms with E-state index in [-0.39, 0.29) is 12.1 Å². The van der Waals surface area contributed by atoms with Crippen LogP contribution in [0.3, 0.4) is 0 Å². The summed E-state index contributed by atoms with van der Waals surface area (Å²) >= 11 is 3.30. The summed E-state index contributed by atoms with van der Waals surface area (Å²) in [4.78, 5) is 35.9. The number of benzene rings is 3. The molecule has 0 unspecified atom stereocenters. The summed E-state index contributed by atoms with van der Waals surface area (Å²) < 4.78 is 19.1. The van der Waals surface area contributed by atoms with Gasteiger partial charge >= 0.3 is 5.97 Å². The smallest absolute Gasteiger partial charge is 0.344 e. The van der Waals surface area contributed by atoms with Gasteiger partial charge in [-0.05, 0) is 76.1 Å². The molecular formula is C23H17BrFN3O4. The number of hydrazone groups is 1. The Morgan fingerprint density at radius 3 is 2.47 bits per heavy atom. The lowest BCUT2D eigenvalue weighted by molar-refractivity contribution is -0.120. The standard InChI is InChI=1S/C23H17BrFN3O4/c24-20-7-2-1-6-19(20)23(31)32-18-10-8-15(9-11-18)13-27-28-21(29)14-26-22(30)16-4-3-5-17(25)12-16/h1-13H,14H2,(H,26,30)(H,28,29). The summed E-state index contributed by atoms with van der Waals surface area (Å²) in [7, 11) is 0. The summed E-state index contributed by atoms with van der Waals surface area (Å²) in [6, 6.07) is 18.6. The summed E-state index contributed by atoms with van der Waals surface area (Å²) in [6.07, 6.45) is 1.39. The Bertz CT molecular complexity index is 1170. The highest BCUT2D eigenvalue weighted by atomic mass is 79.9. The molecule has 0 bridgehead atoms. The number of hydrogen-bond donors (Lipinski definition) is 2. The molecule has 0 saturated carbocycles. The van der Waals surface area contributed by atoms with Gasteiger partial charge in [0.1, 0.15) is 11.6 Å². The fraction of sp³-hybridized carbons (Fsp3) is 0.0435. The molecule has 162 valence electrons. The van der Waals surface area contributed by atoms with Crippen molar-refractivity contribution in [1.82, 2.24) is 10.7 Å². The molecule has 9 heteroatoms. The molecule has 0 atom stereocenters. The summed E-state index contributed by atoms with van der Waals surface area (Å²) in [5.74, 6) is -1.81. The summed E-state index contributed by atoms with van der Waals surface area (Å²) in [5, 5.41) is 6.18. The molecule has 0 saturated heterocycles. The van der Waals surface area contributed by atoms with Crippen molar-refractivity contribution in [2.24, 2.45) is 5.10 Å². The number of amides is 2. The van der Waals surface area contributed by atoms with Crippen molar-refractivity contribution in [3.05, 3.63) is 99.8 Å². The lowest BCUT2D eigenvalue weighted by atomic mass is 10.2. The van der Waals surface area contributed by atoms with Crippen molar-refractivity contribution in [3.63, 3.8) is 0 Å². The normalized spacial score (nSPS) is 10.6. The van der Waals surface area contributed by atoms with Crippen LogP contribution < -0.4 is 15.5 Å². The molecule has 0 spiro atoms. The maximum atomic E-state index is 13.1. The first-order chi connectivity index (χ1) is 15.4. The highest BCUT2D eigenvalue weighted by Gasteiger charge is 2.12. The second kappa shape index (κ2) is 11.0. The Balaban J connectivity index is 1.46. The molecule has 3 rings (SSSR count). The maximum Gasteiger partial charge on any atom is 0.344 e. The number of esters is 1. The minimum absolute atomic E-state index is 0.113. The largest absolute Gasteiger partial charge is 0.423 e. The molecular weight excluding hydrogens is 481 g/mol. The summed E-state index contributed by atoms with van der Waals surface area (Å²) in [6.45, 7) is -0.323. The van der Waals surface area contributed by atoms with Gasteiger partial charge in [0.05, 0.1) is 18.3 Å². The first kappa shape index (κ1) is 22.8. The van der Waals surface area contributed by atoms with Crippen LogP contribution in [0.4, 0.5) is 4.39 Å². The van der Waals surface area contributed by atoms with Crippen LogP contribution in [-0.4, -0.2) is 30.5 Å². The predicted octanol–water partition coefficient (Wildman–Crippen LogP) is 3.69. The van der Waals surface area contributed by atoms with Crippen molar-refractivity contribution in [3.8, 4) is 5.75 Å². The van der Waals surface area contributed by atoms with Gasteiger partial charge in [0.15, 0.2) is 0 Å². The van der Waals surface area contributed by atoms with Gasteiger partial charge in [-0.2, -0.15) is 5.10 Å². The molecule has 0 radical (unpaired) electrons. The van der Waals surface area contributed by atoms with E-state index in [0.717, 1.165) is 6.07 Å². The highest BCUT2D eigenvalue weighted by molar-refractivity contribution is 9.10. The van der Waals surface area contributed by atoms with Crippen LogP contribution in [0.1, 0.15) is 26.3 Å². The van der Waals surface area contributed by atoms with E-state index in [9.17, 15) is 18.8 Å². The molecule has 7 nitrogen and oxygen atoms in total. The third kappa shape index (κ3) is 6.58. The average molecular weight is 498 g/mol. The van der Waals surface area contributed by atoms with Crippen LogP contribution in [-0.2, 0) is 4.79 Å². The monoisotopic (exact) mass is 497 g/mol. The average Bonchev–Trinajstić information content (AvgIpc) is 2.79. The fourth-order valence-corrected chi connectivity index (χ4v) is 2.97. The lowest BCUT2D eigenvalue weighted by Gasteiger charge is -2.06. The van der Waals surface area contributed by atoms with Gasteiger partial charge in [-0.1, -0.05) is 18.2 Å². The molecule has 0 aliphatic rings. The van der Waals surface area contributed by atoms with Gasteiger partial charge in [0.2, 0.25) is 0 Å². The first-order valence-corrected chi connectivity index (χ1v) is 10.1. The number of halogens is 2. The minimum Gasteiger partial charge on any atom is -0.423 e. The number of nitrogens with zero attached hydrogens (tertiary/aromatic N) is 1. The Morgan fingerprint density at radius 2 is 1.75 bits per heavy atom. The van der Waals surface area contributed by atoms with Crippen LogP contribution in [0.25, 0.3) is 0 Å². The molecule has 0 aliphatic heterocycles. The van der Waals surface area contributed by atoms with Crippen LogP contribution in [0.5, 0.6) is 5.75 Å². The minimum atomic E-state index is -0.573. The van der Waals surface area contributed by atoms with Gasteiger partial charge < -0.3 is 10.1 Å². The number of rotatable bonds is 7. The number of carbonyl (C=O) groups is 3. The van der Waals surface area contributed by atoms with Crippen LogP contribution in [0.2, 0.25) is 0 Å². The van der Waals surface area contributed by atoms with Gasteiger partial charge in [-0.25, -0.2) is 14.6 Å². The van der Waals surface area contributed by atoms with Crippen LogP contribution in [0, 0.1) is 5.82 Å². The fourth-order valence-electron chi connectivity index (χ4n) is 2.52. The highest BCUT2D eigenvalue weighted by Crippen LogP contribution is 2.19. The van der Waals surface area contributed by atoms with E-state index in [1.807, 2.05) is 0 Å². The van der Waals surface area contributed by atoms with E-state index in [1.54, 1.807) is 48.5 Å². The van der Waals surface area contributed by atoms with Crippen LogP contribution in [0.15, 0.2) is 82.4 Å². The van der Waals surface area contributed by atoms with Gasteiger partial charge in [-0.3, -0.25) is 9.59 Å². The molecule has 0 fully saturated rings. The lowest BCUT2D eigenvalue weighted by Crippen LogP contribution is -2.34. The predicted molar refractivity (Wildman–Crippen MR) is 120 cm³/mol. The topological polar surface area (TPSA) is 96.9 Å². The quantitative estimate of drug-likeness (QED) is 0.225. The van der Waals surface area contributed by atoms with E-state index in [1.165, 1.54) is 24.4 Å². The number of hydrogen-bond acceptors (Lipinski definition) is 5. The summed E-state index contributed by atoms with van der Waals surface area (Å²) in [5.41, 5.74) is 3.44. The molecule has 0 aliphatic carbocycles. The zero-order valence-electron chi connectivity index (χ0n) is 16.5. The molecule has 0 heterocycles. The van der Waals surface area contributed by atoms with Gasteiger partial charge in [0, 0.05) is 10.0 Å². The Labute approximate surface area is 191 Å². The molecule has 3 aromatic carbocycles. The van der Waals surface area contributed by atoms with Crippen molar-refractivity contribution >= 4 is 39.9 Å². The zero-order valence-corrected chi connectivity index (χ0v) is 18.1.